The van der Waals surface area contributed by atoms with E-state index in [0.29, 0.717) is 12.2 Å². The number of fused-ring (bicyclic) bond motifs is 1. The van der Waals surface area contributed by atoms with Gasteiger partial charge in [-0.05, 0) is 19.0 Å². The third kappa shape index (κ3) is 2.44. The van der Waals surface area contributed by atoms with E-state index >= 15 is 0 Å². The Morgan fingerprint density at radius 3 is 3.10 bits per heavy atom. The average molecular weight is 270 g/mol. The molecule has 2 aromatic rings. The van der Waals surface area contributed by atoms with Gasteiger partial charge in [0.25, 0.3) is 5.91 Å². The standard InChI is InChI=1S/C15H18N4O/c1-19-13-5-3-2-4-12(13)14(18-19)15(20)17-10-11-6-8-16-9-7-11/h2-6,16H,7-10H2,1H3,(H,17,20). The number of hydrogen-bond acceptors (Lipinski definition) is 3. The highest BCUT2D eigenvalue weighted by Crippen LogP contribution is 2.17. The van der Waals surface area contributed by atoms with Gasteiger partial charge in [0, 0.05) is 25.5 Å². The molecule has 0 saturated heterocycles. The summed E-state index contributed by atoms with van der Waals surface area (Å²) in [6.07, 6.45) is 3.13. The van der Waals surface area contributed by atoms with Crippen LogP contribution < -0.4 is 10.6 Å². The Morgan fingerprint density at radius 1 is 1.45 bits per heavy atom. The fourth-order valence-corrected chi connectivity index (χ4v) is 2.49. The number of rotatable bonds is 3. The first-order valence-electron chi connectivity index (χ1n) is 6.84. The highest BCUT2D eigenvalue weighted by molar-refractivity contribution is 6.04. The minimum absolute atomic E-state index is 0.110. The molecule has 104 valence electrons. The van der Waals surface area contributed by atoms with E-state index in [2.05, 4.69) is 21.8 Å². The SMILES string of the molecule is Cn1nc(C(=O)NCC2=CCNCC2)c2ccccc21. The van der Waals surface area contributed by atoms with E-state index < -0.39 is 0 Å². The first-order chi connectivity index (χ1) is 9.75. The molecule has 1 aliphatic heterocycles. The van der Waals surface area contributed by atoms with Crippen molar-refractivity contribution >= 4 is 16.8 Å². The van der Waals surface area contributed by atoms with Gasteiger partial charge in [0.15, 0.2) is 5.69 Å². The Labute approximate surface area is 117 Å². The molecule has 0 saturated carbocycles. The summed E-state index contributed by atoms with van der Waals surface area (Å²) in [6.45, 7) is 2.47. The maximum Gasteiger partial charge on any atom is 0.272 e. The number of nitrogens with one attached hydrogen (secondary N) is 2. The van der Waals surface area contributed by atoms with Gasteiger partial charge in [0.1, 0.15) is 0 Å². The van der Waals surface area contributed by atoms with Crippen LogP contribution in [-0.4, -0.2) is 35.3 Å². The van der Waals surface area contributed by atoms with Crippen molar-refractivity contribution in [1.82, 2.24) is 20.4 Å². The monoisotopic (exact) mass is 270 g/mol. The summed E-state index contributed by atoms with van der Waals surface area (Å²) in [4.78, 5) is 12.3. The molecular formula is C15H18N4O. The predicted octanol–water partition coefficient (Wildman–Crippen LogP) is 1.22. The van der Waals surface area contributed by atoms with E-state index in [0.717, 1.165) is 30.4 Å². The number of nitrogens with zero attached hydrogens (tertiary/aromatic N) is 2. The number of amides is 1. The van der Waals surface area contributed by atoms with Crippen LogP contribution in [0.3, 0.4) is 0 Å². The van der Waals surface area contributed by atoms with E-state index in [1.54, 1.807) is 4.68 Å². The number of hydrogen-bond donors (Lipinski definition) is 2. The van der Waals surface area contributed by atoms with Gasteiger partial charge in [-0.15, -0.1) is 0 Å². The summed E-state index contributed by atoms with van der Waals surface area (Å²) in [5, 5.41) is 11.4. The van der Waals surface area contributed by atoms with Gasteiger partial charge in [-0.1, -0.05) is 29.8 Å². The van der Waals surface area contributed by atoms with Gasteiger partial charge in [-0.25, -0.2) is 0 Å². The van der Waals surface area contributed by atoms with Gasteiger partial charge in [0.05, 0.1) is 5.52 Å². The minimum Gasteiger partial charge on any atom is -0.347 e. The van der Waals surface area contributed by atoms with Crippen molar-refractivity contribution in [3.8, 4) is 0 Å². The summed E-state index contributed by atoms with van der Waals surface area (Å²) in [6, 6.07) is 7.77. The Hall–Kier alpha value is -2.14. The van der Waals surface area contributed by atoms with Crippen molar-refractivity contribution in [1.29, 1.82) is 0 Å². The van der Waals surface area contributed by atoms with Crippen molar-refractivity contribution in [2.45, 2.75) is 6.42 Å². The van der Waals surface area contributed by atoms with E-state index in [1.165, 1.54) is 5.57 Å². The third-order valence-electron chi connectivity index (χ3n) is 3.61. The summed E-state index contributed by atoms with van der Waals surface area (Å²) in [5.74, 6) is -0.110. The van der Waals surface area contributed by atoms with E-state index in [-0.39, 0.29) is 5.91 Å². The van der Waals surface area contributed by atoms with Crippen molar-refractivity contribution in [2.24, 2.45) is 7.05 Å². The minimum atomic E-state index is -0.110. The maximum absolute atomic E-state index is 12.3. The zero-order valence-corrected chi connectivity index (χ0v) is 11.5. The molecule has 0 spiro atoms. The van der Waals surface area contributed by atoms with Gasteiger partial charge in [-0.3, -0.25) is 9.48 Å². The van der Waals surface area contributed by atoms with Gasteiger partial charge >= 0.3 is 0 Å². The number of aromatic nitrogens is 2. The second-order valence-electron chi connectivity index (χ2n) is 4.99. The summed E-state index contributed by atoms with van der Waals surface area (Å²) < 4.78 is 1.74. The summed E-state index contributed by atoms with van der Waals surface area (Å²) in [7, 11) is 1.86. The Kier molecular flexibility index (Phi) is 3.52. The quantitative estimate of drug-likeness (QED) is 0.825. The number of carbonyl (C=O) groups excluding carboxylic acids is 1. The van der Waals surface area contributed by atoms with Crippen LogP contribution in [0.25, 0.3) is 10.9 Å². The molecule has 0 unspecified atom stereocenters. The van der Waals surface area contributed by atoms with Crippen LogP contribution in [0, 0.1) is 0 Å². The smallest absolute Gasteiger partial charge is 0.272 e. The molecule has 1 aliphatic rings. The molecule has 1 amide bonds. The highest BCUT2D eigenvalue weighted by atomic mass is 16.1. The zero-order chi connectivity index (χ0) is 13.9. The number of benzene rings is 1. The molecule has 0 aliphatic carbocycles. The Bertz CT molecular complexity index is 672. The molecule has 2 N–H and O–H groups in total. The molecule has 1 aromatic heterocycles. The van der Waals surface area contributed by atoms with Crippen molar-refractivity contribution in [3.05, 3.63) is 41.6 Å². The average Bonchev–Trinajstić information content (AvgIpc) is 2.84. The van der Waals surface area contributed by atoms with E-state index in [9.17, 15) is 4.79 Å². The van der Waals surface area contributed by atoms with E-state index in [4.69, 9.17) is 0 Å². The second-order valence-corrected chi connectivity index (χ2v) is 4.99. The maximum atomic E-state index is 12.3. The third-order valence-corrected chi connectivity index (χ3v) is 3.61. The van der Waals surface area contributed by atoms with Crippen LogP contribution in [0.15, 0.2) is 35.9 Å². The fourth-order valence-electron chi connectivity index (χ4n) is 2.49. The van der Waals surface area contributed by atoms with Crippen molar-refractivity contribution in [2.75, 3.05) is 19.6 Å². The van der Waals surface area contributed by atoms with Crippen LogP contribution in [0.1, 0.15) is 16.9 Å². The number of para-hydroxylation sites is 1. The van der Waals surface area contributed by atoms with Gasteiger partial charge in [-0.2, -0.15) is 5.10 Å². The molecule has 0 fully saturated rings. The molecule has 5 nitrogen and oxygen atoms in total. The normalized spacial score (nSPS) is 15.2. The lowest BCUT2D eigenvalue weighted by atomic mass is 10.1. The van der Waals surface area contributed by atoms with Crippen LogP contribution >= 0.6 is 0 Å². The fraction of sp³-hybridized carbons (Fsp3) is 0.333. The van der Waals surface area contributed by atoms with Crippen LogP contribution in [0.2, 0.25) is 0 Å². The van der Waals surface area contributed by atoms with Crippen LogP contribution in [0.5, 0.6) is 0 Å². The molecule has 0 bridgehead atoms. The second kappa shape index (κ2) is 5.46. The lowest BCUT2D eigenvalue weighted by Gasteiger charge is -2.14. The van der Waals surface area contributed by atoms with Crippen LogP contribution in [0.4, 0.5) is 0 Å². The zero-order valence-electron chi connectivity index (χ0n) is 11.5. The lowest BCUT2D eigenvalue weighted by Crippen LogP contribution is -2.30. The topological polar surface area (TPSA) is 59.0 Å². The van der Waals surface area contributed by atoms with Gasteiger partial charge in [0.2, 0.25) is 0 Å². The molecule has 2 heterocycles. The van der Waals surface area contributed by atoms with Crippen LogP contribution in [-0.2, 0) is 7.05 Å². The summed E-state index contributed by atoms with van der Waals surface area (Å²) >= 11 is 0. The predicted molar refractivity (Wildman–Crippen MR) is 78.6 cm³/mol. The molecule has 20 heavy (non-hydrogen) atoms. The molecule has 5 heteroatoms. The Morgan fingerprint density at radius 2 is 2.30 bits per heavy atom. The van der Waals surface area contributed by atoms with E-state index in [1.807, 2.05) is 31.3 Å². The largest absolute Gasteiger partial charge is 0.347 e. The lowest BCUT2D eigenvalue weighted by molar-refractivity contribution is 0.0952. The first kappa shape index (κ1) is 12.9. The number of aryl methyl sites for hydroxylation is 1. The number of carbonyl (C=O) groups is 1. The molecule has 0 radical (unpaired) electrons. The molecule has 3 rings (SSSR count). The van der Waals surface area contributed by atoms with Crippen molar-refractivity contribution in [3.63, 3.8) is 0 Å². The molecule has 0 atom stereocenters. The Balaban J connectivity index is 1.77. The van der Waals surface area contributed by atoms with Crippen molar-refractivity contribution < 1.29 is 4.79 Å². The highest BCUT2D eigenvalue weighted by Gasteiger charge is 2.15. The molecular weight excluding hydrogens is 252 g/mol. The molecule has 1 aromatic carbocycles. The van der Waals surface area contributed by atoms with Gasteiger partial charge < -0.3 is 10.6 Å². The summed E-state index contributed by atoms with van der Waals surface area (Å²) in [5.41, 5.74) is 2.74. The first-order valence-corrected chi connectivity index (χ1v) is 6.84.